The van der Waals surface area contributed by atoms with E-state index in [2.05, 4.69) is 0 Å². The van der Waals surface area contributed by atoms with Crippen LogP contribution in [0.4, 0.5) is 0 Å². The minimum Gasteiger partial charge on any atom is -0.503 e. The molecule has 0 aliphatic carbocycles. The molecular weight excluding hydrogens is 187 g/mol. The minimum absolute atomic E-state index is 0.110. The SMILES string of the molecule is O=c1cccc(Cl)c(Cl)c1O. The van der Waals surface area contributed by atoms with Gasteiger partial charge in [0.1, 0.15) is 5.02 Å². The van der Waals surface area contributed by atoms with Crippen molar-refractivity contribution in [3.05, 3.63) is 38.5 Å². The molecule has 0 saturated carbocycles. The third-order valence-corrected chi connectivity index (χ3v) is 1.94. The molecule has 0 unspecified atom stereocenters. The van der Waals surface area contributed by atoms with Crippen LogP contribution in [0.5, 0.6) is 5.75 Å². The molecule has 11 heavy (non-hydrogen) atoms. The quantitative estimate of drug-likeness (QED) is 0.681. The maximum absolute atomic E-state index is 10.8. The maximum atomic E-state index is 10.8. The second kappa shape index (κ2) is 3.11. The lowest BCUT2D eigenvalue weighted by molar-refractivity contribution is 0.471. The Bertz CT molecular complexity index is 336. The van der Waals surface area contributed by atoms with Crippen LogP contribution in [0.1, 0.15) is 0 Å². The van der Waals surface area contributed by atoms with Gasteiger partial charge >= 0.3 is 0 Å². The molecule has 0 aliphatic heterocycles. The molecule has 1 aromatic carbocycles. The highest BCUT2D eigenvalue weighted by Gasteiger charge is 2.03. The van der Waals surface area contributed by atoms with Crippen molar-refractivity contribution in [2.24, 2.45) is 0 Å². The topological polar surface area (TPSA) is 37.3 Å². The molecule has 0 radical (unpaired) electrons. The zero-order chi connectivity index (χ0) is 8.43. The summed E-state index contributed by atoms with van der Waals surface area (Å²) in [5.74, 6) is -0.512. The lowest BCUT2D eigenvalue weighted by atomic mass is 10.5. The summed E-state index contributed by atoms with van der Waals surface area (Å²) in [6.45, 7) is 0. The molecule has 0 aliphatic rings. The zero-order valence-electron chi connectivity index (χ0n) is 5.34. The van der Waals surface area contributed by atoms with Gasteiger partial charge in [0.2, 0.25) is 5.43 Å². The average Bonchev–Trinajstić information content (AvgIpc) is 2.07. The lowest BCUT2D eigenvalue weighted by Crippen LogP contribution is -1.92. The summed E-state index contributed by atoms with van der Waals surface area (Å²) >= 11 is 11.0. The van der Waals surface area contributed by atoms with Crippen molar-refractivity contribution in [2.75, 3.05) is 0 Å². The zero-order valence-corrected chi connectivity index (χ0v) is 6.86. The molecule has 0 aromatic heterocycles. The largest absolute Gasteiger partial charge is 0.503 e. The number of hydrogen-bond donors (Lipinski definition) is 1. The minimum atomic E-state index is -0.540. The molecule has 0 spiro atoms. The van der Waals surface area contributed by atoms with Crippen molar-refractivity contribution in [3.63, 3.8) is 0 Å². The Morgan fingerprint density at radius 1 is 1.27 bits per heavy atom. The molecule has 1 aromatic rings. The van der Waals surface area contributed by atoms with E-state index < -0.39 is 11.2 Å². The van der Waals surface area contributed by atoms with Crippen molar-refractivity contribution >= 4 is 23.2 Å². The summed E-state index contributed by atoms with van der Waals surface area (Å²) in [7, 11) is 0. The number of rotatable bonds is 0. The molecule has 1 N–H and O–H groups in total. The predicted molar refractivity (Wildman–Crippen MR) is 44.4 cm³/mol. The van der Waals surface area contributed by atoms with Crippen molar-refractivity contribution in [2.45, 2.75) is 0 Å². The van der Waals surface area contributed by atoms with E-state index in [1.54, 1.807) is 0 Å². The maximum Gasteiger partial charge on any atom is 0.221 e. The Hall–Kier alpha value is -0.730. The number of hydrogen-bond acceptors (Lipinski definition) is 2. The van der Waals surface area contributed by atoms with E-state index >= 15 is 0 Å². The standard InChI is InChI=1S/C7H4Cl2O2/c8-4-2-1-3-5(10)7(11)6(4)9/h1-3H,(H,10,11). The predicted octanol–water partition coefficient (Wildman–Crippen LogP) is 2.06. The van der Waals surface area contributed by atoms with E-state index in [9.17, 15) is 4.79 Å². The van der Waals surface area contributed by atoms with Gasteiger partial charge in [-0.25, -0.2) is 0 Å². The lowest BCUT2D eigenvalue weighted by Gasteiger charge is -1.88. The van der Waals surface area contributed by atoms with Crippen LogP contribution in [-0.2, 0) is 0 Å². The summed E-state index contributed by atoms with van der Waals surface area (Å²) in [5.41, 5.74) is -0.540. The molecule has 0 atom stereocenters. The summed E-state index contributed by atoms with van der Waals surface area (Å²) < 4.78 is 0. The first kappa shape index (κ1) is 8.37. The fourth-order valence-corrected chi connectivity index (χ4v) is 0.912. The van der Waals surface area contributed by atoms with E-state index in [1.165, 1.54) is 18.2 Å². The first-order valence-electron chi connectivity index (χ1n) is 2.80. The summed E-state index contributed by atoms with van der Waals surface area (Å²) in [4.78, 5) is 10.8. The molecule has 0 bridgehead atoms. The van der Waals surface area contributed by atoms with Crippen LogP contribution in [0.25, 0.3) is 0 Å². The van der Waals surface area contributed by atoms with E-state index in [1.807, 2.05) is 0 Å². The highest BCUT2D eigenvalue weighted by Crippen LogP contribution is 2.25. The molecule has 0 heterocycles. The van der Waals surface area contributed by atoms with Crippen LogP contribution < -0.4 is 5.43 Å². The molecule has 0 saturated heterocycles. The third kappa shape index (κ3) is 1.64. The van der Waals surface area contributed by atoms with E-state index in [0.29, 0.717) is 0 Å². The summed E-state index contributed by atoms with van der Waals surface area (Å²) in [6, 6.07) is 4.05. The fourth-order valence-electron chi connectivity index (χ4n) is 0.593. The fraction of sp³-hybridized carbons (Fsp3) is 0. The van der Waals surface area contributed by atoms with Crippen molar-refractivity contribution in [1.29, 1.82) is 0 Å². The van der Waals surface area contributed by atoms with Gasteiger partial charge in [-0.15, -0.1) is 0 Å². The van der Waals surface area contributed by atoms with Gasteiger partial charge in [-0.05, 0) is 12.1 Å². The third-order valence-electron chi connectivity index (χ3n) is 1.14. The second-order valence-electron chi connectivity index (χ2n) is 1.90. The smallest absolute Gasteiger partial charge is 0.221 e. The first-order chi connectivity index (χ1) is 5.13. The molecule has 0 amide bonds. The Labute approximate surface area is 73.0 Å². The summed E-state index contributed by atoms with van der Waals surface area (Å²) in [6.07, 6.45) is 0. The van der Waals surface area contributed by atoms with E-state index in [4.69, 9.17) is 28.3 Å². The molecule has 2 nitrogen and oxygen atoms in total. The van der Waals surface area contributed by atoms with Gasteiger partial charge < -0.3 is 5.11 Å². The van der Waals surface area contributed by atoms with Gasteiger partial charge in [-0.2, -0.15) is 0 Å². The normalized spacial score (nSPS) is 9.64. The Balaban J connectivity index is 3.62. The van der Waals surface area contributed by atoms with Gasteiger partial charge in [0.25, 0.3) is 0 Å². The van der Waals surface area contributed by atoms with Gasteiger partial charge in [-0.1, -0.05) is 29.3 Å². The molecule has 0 fully saturated rings. The van der Waals surface area contributed by atoms with Crippen molar-refractivity contribution < 1.29 is 5.11 Å². The second-order valence-corrected chi connectivity index (χ2v) is 2.69. The first-order valence-corrected chi connectivity index (χ1v) is 3.56. The Morgan fingerprint density at radius 3 is 2.55 bits per heavy atom. The monoisotopic (exact) mass is 190 g/mol. The highest BCUT2D eigenvalue weighted by molar-refractivity contribution is 6.42. The van der Waals surface area contributed by atoms with Gasteiger partial charge in [-0.3, -0.25) is 4.79 Å². The average molecular weight is 191 g/mol. The van der Waals surface area contributed by atoms with E-state index in [-0.39, 0.29) is 10.0 Å². The molecule has 4 heteroatoms. The van der Waals surface area contributed by atoms with Crippen LogP contribution in [0.15, 0.2) is 23.0 Å². The van der Waals surface area contributed by atoms with Crippen LogP contribution >= 0.6 is 23.2 Å². The van der Waals surface area contributed by atoms with Gasteiger partial charge in [0.15, 0.2) is 5.75 Å². The van der Waals surface area contributed by atoms with Crippen LogP contribution in [-0.4, -0.2) is 5.11 Å². The van der Waals surface area contributed by atoms with Crippen molar-refractivity contribution in [1.82, 2.24) is 0 Å². The van der Waals surface area contributed by atoms with Gasteiger partial charge in [0.05, 0.1) is 5.02 Å². The molecule has 1 rings (SSSR count). The van der Waals surface area contributed by atoms with E-state index in [0.717, 1.165) is 0 Å². The number of halogens is 2. The Kier molecular flexibility index (Phi) is 2.37. The summed E-state index contributed by atoms with van der Waals surface area (Å²) in [5, 5.41) is 9.07. The van der Waals surface area contributed by atoms with Crippen LogP contribution in [0.2, 0.25) is 10.0 Å². The van der Waals surface area contributed by atoms with Crippen LogP contribution in [0.3, 0.4) is 0 Å². The highest BCUT2D eigenvalue weighted by atomic mass is 35.5. The molecule has 58 valence electrons. The van der Waals surface area contributed by atoms with Crippen molar-refractivity contribution in [3.8, 4) is 5.75 Å². The number of aromatic hydroxyl groups is 1. The Morgan fingerprint density at radius 2 is 1.91 bits per heavy atom. The van der Waals surface area contributed by atoms with Crippen LogP contribution in [0, 0.1) is 0 Å². The molecular formula is C7H4Cl2O2. The van der Waals surface area contributed by atoms with Gasteiger partial charge in [0, 0.05) is 0 Å².